The second-order valence-electron chi connectivity index (χ2n) is 3.28. The lowest BCUT2D eigenvalue weighted by Gasteiger charge is -2.05. The maximum atomic E-state index is 11.5. The second kappa shape index (κ2) is 4.04. The van der Waals surface area contributed by atoms with Crippen LogP contribution in [0, 0.1) is 5.92 Å². The average Bonchev–Trinajstić information content (AvgIpc) is 2.12. The lowest BCUT2D eigenvalue weighted by atomic mass is 10.0. The van der Waals surface area contributed by atoms with E-state index in [1.807, 2.05) is 0 Å². The fourth-order valence-electron chi connectivity index (χ4n) is 1.11. The lowest BCUT2D eigenvalue weighted by Crippen LogP contribution is -2.24. The second-order valence-corrected chi connectivity index (χ2v) is 3.28. The summed E-state index contributed by atoms with van der Waals surface area (Å²) in [6, 6.07) is 0. The number of rotatable bonds is 3. The number of carboxylic acids is 1. The predicted octanol–water partition coefficient (Wildman–Crippen LogP) is 0.0435. The Morgan fingerprint density at radius 1 is 1.71 bits per heavy atom. The summed E-state index contributed by atoms with van der Waals surface area (Å²) in [7, 11) is 1.59. The first-order valence-corrected chi connectivity index (χ1v) is 4.24. The van der Waals surface area contributed by atoms with Crippen LogP contribution in [0.1, 0.15) is 12.5 Å². The van der Waals surface area contributed by atoms with Gasteiger partial charge in [0.15, 0.2) is 0 Å². The van der Waals surface area contributed by atoms with Gasteiger partial charge in [-0.2, -0.15) is 0 Å². The smallest absolute Gasteiger partial charge is 0.306 e. The van der Waals surface area contributed by atoms with Crippen molar-refractivity contribution in [2.24, 2.45) is 13.0 Å². The molecule has 1 unspecified atom stereocenters. The molecular formula is C9H12N2O3. The van der Waals surface area contributed by atoms with E-state index in [2.05, 4.69) is 4.98 Å². The van der Waals surface area contributed by atoms with Gasteiger partial charge in [-0.15, -0.1) is 0 Å². The largest absolute Gasteiger partial charge is 0.481 e. The molecule has 1 heterocycles. The molecule has 1 aromatic rings. The van der Waals surface area contributed by atoms with Gasteiger partial charge in [-0.25, -0.2) is 4.98 Å². The van der Waals surface area contributed by atoms with E-state index in [0.717, 1.165) is 0 Å². The maximum Gasteiger partial charge on any atom is 0.306 e. The number of nitrogens with zero attached hydrogens (tertiary/aromatic N) is 2. The minimum atomic E-state index is -0.907. The number of aliphatic carboxylic acids is 1. The van der Waals surface area contributed by atoms with E-state index in [-0.39, 0.29) is 12.0 Å². The summed E-state index contributed by atoms with van der Waals surface area (Å²) in [5, 5.41) is 8.67. The molecule has 0 fully saturated rings. The average molecular weight is 196 g/mol. The molecule has 14 heavy (non-hydrogen) atoms. The third-order valence-corrected chi connectivity index (χ3v) is 2.01. The van der Waals surface area contributed by atoms with Crippen molar-refractivity contribution >= 4 is 5.97 Å². The molecule has 0 aromatic carbocycles. The van der Waals surface area contributed by atoms with Gasteiger partial charge in [0.1, 0.15) is 0 Å². The van der Waals surface area contributed by atoms with Crippen LogP contribution >= 0.6 is 0 Å². The van der Waals surface area contributed by atoms with Crippen LogP contribution in [0.15, 0.2) is 17.3 Å². The lowest BCUT2D eigenvalue weighted by molar-refractivity contribution is -0.141. The van der Waals surface area contributed by atoms with E-state index in [9.17, 15) is 9.59 Å². The Hall–Kier alpha value is -1.65. The molecule has 0 radical (unpaired) electrons. The molecule has 0 amide bonds. The number of carboxylic acid groups (broad SMARTS) is 1. The van der Waals surface area contributed by atoms with E-state index in [1.54, 1.807) is 14.0 Å². The van der Waals surface area contributed by atoms with Crippen molar-refractivity contribution in [3.05, 3.63) is 28.4 Å². The molecule has 0 saturated heterocycles. The van der Waals surface area contributed by atoms with Crippen molar-refractivity contribution < 1.29 is 9.90 Å². The van der Waals surface area contributed by atoms with Crippen LogP contribution in [0.2, 0.25) is 0 Å². The van der Waals surface area contributed by atoms with Gasteiger partial charge in [-0.05, 0) is 6.42 Å². The summed E-state index contributed by atoms with van der Waals surface area (Å²) in [4.78, 5) is 25.9. The maximum absolute atomic E-state index is 11.5. The standard InChI is InChI=1S/C9H12N2O3/c1-6(9(13)14)3-7-4-10-5-11(2)8(7)12/h4-6H,3H2,1-2H3,(H,13,14). The molecule has 1 atom stereocenters. The van der Waals surface area contributed by atoms with Crippen LogP contribution in [0.3, 0.4) is 0 Å². The highest BCUT2D eigenvalue weighted by Crippen LogP contribution is 2.02. The molecule has 0 aliphatic carbocycles. The molecule has 1 aromatic heterocycles. The van der Waals surface area contributed by atoms with Gasteiger partial charge in [0.2, 0.25) is 0 Å². The zero-order chi connectivity index (χ0) is 10.7. The molecule has 0 aliphatic heterocycles. The highest BCUT2D eigenvalue weighted by Gasteiger charge is 2.14. The third kappa shape index (κ3) is 2.18. The van der Waals surface area contributed by atoms with Crippen molar-refractivity contribution in [1.29, 1.82) is 0 Å². The molecule has 1 N–H and O–H groups in total. The van der Waals surface area contributed by atoms with Gasteiger partial charge >= 0.3 is 5.97 Å². The first kappa shape index (κ1) is 10.4. The van der Waals surface area contributed by atoms with Gasteiger partial charge in [-0.1, -0.05) is 6.92 Å². The topological polar surface area (TPSA) is 72.2 Å². The Morgan fingerprint density at radius 3 is 2.93 bits per heavy atom. The van der Waals surface area contributed by atoms with Crippen molar-refractivity contribution in [3.63, 3.8) is 0 Å². The highest BCUT2D eigenvalue weighted by atomic mass is 16.4. The van der Waals surface area contributed by atoms with Crippen molar-refractivity contribution in [2.45, 2.75) is 13.3 Å². The Morgan fingerprint density at radius 2 is 2.36 bits per heavy atom. The zero-order valence-electron chi connectivity index (χ0n) is 8.10. The molecule has 5 heteroatoms. The van der Waals surface area contributed by atoms with Crippen LogP contribution in [-0.4, -0.2) is 20.6 Å². The molecule has 76 valence electrons. The van der Waals surface area contributed by atoms with E-state index >= 15 is 0 Å². The molecule has 5 nitrogen and oxygen atoms in total. The Balaban J connectivity index is 2.93. The number of hydrogen-bond acceptors (Lipinski definition) is 3. The van der Waals surface area contributed by atoms with Crippen LogP contribution in [0.5, 0.6) is 0 Å². The predicted molar refractivity (Wildman–Crippen MR) is 50.0 cm³/mol. The van der Waals surface area contributed by atoms with Crippen LogP contribution < -0.4 is 5.56 Å². The van der Waals surface area contributed by atoms with Gasteiger partial charge in [0.25, 0.3) is 5.56 Å². The summed E-state index contributed by atoms with van der Waals surface area (Å²) in [5.41, 5.74) is 0.248. The first-order chi connectivity index (χ1) is 6.52. The van der Waals surface area contributed by atoms with Gasteiger partial charge in [0.05, 0.1) is 12.2 Å². The fourth-order valence-corrected chi connectivity index (χ4v) is 1.11. The van der Waals surface area contributed by atoms with Crippen molar-refractivity contribution in [1.82, 2.24) is 9.55 Å². The normalized spacial score (nSPS) is 12.4. The minimum Gasteiger partial charge on any atom is -0.481 e. The van der Waals surface area contributed by atoms with E-state index in [4.69, 9.17) is 5.11 Å². The summed E-state index contributed by atoms with van der Waals surface area (Å²) in [6.07, 6.45) is 3.04. The van der Waals surface area contributed by atoms with Gasteiger partial charge < -0.3 is 9.67 Å². The first-order valence-electron chi connectivity index (χ1n) is 4.24. The Labute approximate surface area is 81.0 Å². The van der Waals surface area contributed by atoms with Crippen LogP contribution in [0.25, 0.3) is 0 Å². The van der Waals surface area contributed by atoms with Crippen molar-refractivity contribution in [2.75, 3.05) is 0 Å². The SMILES string of the molecule is CC(Cc1cncn(C)c1=O)C(=O)O. The van der Waals surface area contributed by atoms with Gasteiger partial charge in [-0.3, -0.25) is 9.59 Å². The number of hydrogen-bond donors (Lipinski definition) is 1. The summed E-state index contributed by atoms with van der Waals surface area (Å²) in [6.45, 7) is 1.56. The highest BCUT2D eigenvalue weighted by molar-refractivity contribution is 5.69. The third-order valence-electron chi connectivity index (χ3n) is 2.01. The van der Waals surface area contributed by atoms with Crippen LogP contribution in [0.4, 0.5) is 0 Å². The van der Waals surface area contributed by atoms with Gasteiger partial charge in [0, 0.05) is 18.8 Å². The fraction of sp³-hybridized carbons (Fsp3) is 0.444. The Bertz CT molecular complexity index is 397. The summed E-state index contributed by atoms with van der Waals surface area (Å²) >= 11 is 0. The molecule has 0 aliphatic rings. The molecule has 0 spiro atoms. The number of aryl methyl sites for hydroxylation is 1. The molecule has 0 saturated carbocycles. The van der Waals surface area contributed by atoms with E-state index in [0.29, 0.717) is 5.56 Å². The minimum absolute atomic E-state index is 0.187. The quantitative estimate of drug-likeness (QED) is 0.741. The van der Waals surface area contributed by atoms with Crippen LogP contribution in [-0.2, 0) is 18.3 Å². The summed E-state index contributed by atoms with van der Waals surface area (Å²) < 4.78 is 1.34. The zero-order valence-corrected chi connectivity index (χ0v) is 8.10. The summed E-state index contributed by atoms with van der Waals surface area (Å²) in [5.74, 6) is -1.47. The molecule has 1 rings (SSSR count). The Kier molecular flexibility index (Phi) is 3.01. The van der Waals surface area contributed by atoms with E-state index < -0.39 is 11.9 Å². The van der Waals surface area contributed by atoms with Crippen molar-refractivity contribution in [3.8, 4) is 0 Å². The molecular weight excluding hydrogens is 184 g/mol. The number of aromatic nitrogens is 2. The number of carbonyl (C=O) groups is 1. The van der Waals surface area contributed by atoms with E-state index in [1.165, 1.54) is 17.1 Å². The molecule has 0 bridgehead atoms. The monoisotopic (exact) mass is 196 g/mol.